The summed E-state index contributed by atoms with van der Waals surface area (Å²) in [5.74, 6) is -0.345. The molecule has 2 aromatic rings. The van der Waals surface area contributed by atoms with Crippen LogP contribution in [0.3, 0.4) is 0 Å². The van der Waals surface area contributed by atoms with E-state index in [9.17, 15) is 20.1 Å². The third-order valence-corrected chi connectivity index (χ3v) is 4.74. The number of ether oxygens (including phenoxy) is 1. The second-order valence-corrected chi connectivity index (χ2v) is 7.04. The maximum absolute atomic E-state index is 12.4. The first-order chi connectivity index (χ1) is 12.0. The zero-order valence-corrected chi connectivity index (χ0v) is 14.3. The van der Waals surface area contributed by atoms with Crippen molar-refractivity contribution in [3.05, 3.63) is 40.4 Å². The molecule has 134 valence electrons. The van der Waals surface area contributed by atoms with Gasteiger partial charge in [0.25, 0.3) is 5.91 Å². The minimum atomic E-state index is -0.929. The van der Waals surface area contributed by atoms with Crippen molar-refractivity contribution in [1.82, 2.24) is 10.2 Å². The van der Waals surface area contributed by atoms with Crippen LogP contribution in [0.5, 0.6) is 0 Å². The lowest BCUT2D eigenvalue weighted by molar-refractivity contribution is -0.181. The lowest BCUT2D eigenvalue weighted by Gasteiger charge is -2.36. The van der Waals surface area contributed by atoms with Crippen LogP contribution in [0.15, 0.2) is 24.3 Å². The Bertz CT molecular complexity index is 753. The normalized spacial score (nSPS) is 26.4. The number of hydrogen-bond donors (Lipinski definition) is 4. The third-order valence-electron chi connectivity index (χ3n) is 3.99. The van der Waals surface area contributed by atoms with Gasteiger partial charge in [0.2, 0.25) is 5.13 Å². The van der Waals surface area contributed by atoms with Gasteiger partial charge in [-0.05, 0) is 24.6 Å². The Morgan fingerprint density at radius 2 is 2.16 bits per heavy atom. The highest BCUT2D eigenvalue weighted by atomic mass is 32.1. The minimum absolute atomic E-state index is 0.0936. The van der Waals surface area contributed by atoms with Crippen molar-refractivity contribution < 1.29 is 24.9 Å². The van der Waals surface area contributed by atoms with Crippen molar-refractivity contribution in [2.24, 2.45) is 0 Å². The van der Waals surface area contributed by atoms with Gasteiger partial charge < -0.3 is 20.1 Å². The number of amides is 1. The summed E-state index contributed by atoms with van der Waals surface area (Å²) in [7, 11) is 0. The Labute approximate surface area is 148 Å². The Balaban J connectivity index is 1.77. The molecule has 0 radical (unpaired) electrons. The van der Waals surface area contributed by atoms with Gasteiger partial charge in [0.15, 0.2) is 0 Å². The van der Waals surface area contributed by atoms with Gasteiger partial charge in [-0.1, -0.05) is 23.5 Å². The van der Waals surface area contributed by atoms with Crippen LogP contribution in [0.25, 0.3) is 0 Å². The van der Waals surface area contributed by atoms with Gasteiger partial charge >= 0.3 is 0 Å². The molecule has 0 bridgehead atoms. The molecule has 8 nitrogen and oxygen atoms in total. The van der Waals surface area contributed by atoms with Crippen LogP contribution >= 0.6 is 11.3 Å². The summed E-state index contributed by atoms with van der Waals surface area (Å²) < 4.78 is 5.60. The highest BCUT2D eigenvalue weighted by Crippen LogP contribution is 2.32. The Hall–Kier alpha value is -1.91. The number of hydrogen-bond acceptors (Lipinski definition) is 8. The SMILES string of the molecule is Cc1nnc(NC(=O)c2cccc(C3O[C@H](CO)C(O)C[C@@H]3O)c2)s1. The summed E-state index contributed by atoms with van der Waals surface area (Å²) in [5.41, 5.74) is 0.978. The molecule has 9 heteroatoms. The first-order valence-electron chi connectivity index (χ1n) is 7.82. The van der Waals surface area contributed by atoms with Gasteiger partial charge in [-0.2, -0.15) is 0 Å². The summed E-state index contributed by atoms with van der Waals surface area (Å²) >= 11 is 1.27. The fraction of sp³-hybridized carbons (Fsp3) is 0.438. The van der Waals surface area contributed by atoms with Crippen molar-refractivity contribution in [2.45, 2.75) is 37.8 Å². The number of aryl methyl sites for hydroxylation is 1. The van der Waals surface area contributed by atoms with Crippen molar-refractivity contribution in [1.29, 1.82) is 0 Å². The van der Waals surface area contributed by atoms with Gasteiger partial charge in [-0.25, -0.2) is 0 Å². The van der Waals surface area contributed by atoms with Gasteiger partial charge in [0, 0.05) is 12.0 Å². The van der Waals surface area contributed by atoms with E-state index in [0.29, 0.717) is 16.3 Å². The molecule has 0 saturated carbocycles. The van der Waals surface area contributed by atoms with Crippen molar-refractivity contribution in [3.8, 4) is 0 Å². The highest BCUT2D eigenvalue weighted by Gasteiger charge is 2.36. The molecule has 4 atom stereocenters. The molecular formula is C16H19N3O5S. The van der Waals surface area contributed by atoms with Crippen LogP contribution in [-0.2, 0) is 4.74 Å². The van der Waals surface area contributed by atoms with Gasteiger partial charge in [0.1, 0.15) is 17.2 Å². The second-order valence-electron chi connectivity index (χ2n) is 5.85. The first kappa shape index (κ1) is 17.9. The molecule has 2 heterocycles. The van der Waals surface area contributed by atoms with Gasteiger partial charge in [-0.15, -0.1) is 10.2 Å². The molecular weight excluding hydrogens is 346 g/mol. The summed E-state index contributed by atoms with van der Waals surface area (Å²) in [6, 6.07) is 6.67. The fourth-order valence-corrected chi connectivity index (χ4v) is 3.32. The van der Waals surface area contributed by atoms with Crippen LogP contribution in [0.4, 0.5) is 5.13 Å². The summed E-state index contributed by atoms with van der Waals surface area (Å²) in [6.45, 7) is 1.45. The van der Waals surface area contributed by atoms with E-state index < -0.39 is 24.4 Å². The molecule has 3 rings (SSSR count). The second kappa shape index (κ2) is 7.54. The van der Waals surface area contributed by atoms with E-state index in [0.717, 1.165) is 5.01 Å². The average Bonchev–Trinajstić information content (AvgIpc) is 3.00. The summed E-state index contributed by atoms with van der Waals surface area (Å²) in [4.78, 5) is 12.4. The quantitative estimate of drug-likeness (QED) is 0.627. The Morgan fingerprint density at radius 1 is 1.36 bits per heavy atom. The largest absolute Gasteiger partial charge is 0.394 e. The van der Waals surface area contributed by atoms with Crippen LogP contribution in [0.1, 0.15) is 33.5 Å². The molecule has 25 heavy (non-hydrogen) atoms. The topological polar surface area (TPSA) is 125 Å². The van der Waals surface area contributed by atoms with E-state index in [2.05, 4.69) is 15.5 Å². The molecule has 4 N–H and O–H groups in total. The number of rotatable bonds is 4. The molecule has 2 unspecified atom stereocenters. The number of carbonyl (C=O) groups is 1. The zero-order valence-electron chi connectivity index (χ0n) is 13.5. The summed E-state index contributed by atoms with van der Waals surface area (Å²) in [5, 5.41) is 40.8. The maximum Gasteiger partial charge on any atom is 0.257 e. The van der Waals surface area contributed by atoms with Crippen LogP contribution in [0.2, 0.25) is 0 Å². The third kappa shape index (κ3) is 4.02. The number of carbonyl (C=O) groups excluding carboxylic acids is 1. The Kier molecular flexibility index (Phi) is 5.40. The smallest absolute Gasteiger partial charge is 0.257 e. The van der Waals surface area contributed by atoms with Crippen LogP contribution in [0, 0.1) is 6.92 Å². The highest BCUT2D eigenvalue weighted by molar-refractivity contribution is 7.15. The summed E-state index contributed by atoms with van der Waals surface area (Å²) in [6.07, 6.45) is -3.26. The van der Waals surface area contributed by atoms with E-state index in [1.54, 1.807) is 31.2 Å². The molecule has 0 spiro atoms. The van der Waals surface area contributed by atoms with E-state index in [-0.39, 0.29) is 18.9 Å². The monoisotopic (exact) mass is 365 g/mol. The number of anilines is 1. The molecule has 1 aromatic heterocycles. The lowest BCUT2D eigenvalue weighted by Crippen LogP contribution is -2.44. The first-order valence-corrected chi connectivity index (χ1v) is 8.63. The molecule has 1 amide bonds. The number of nitrogens with zero attached hydrogens (tertiary/aromatic N) is 2. The Morgan fingerprint density at radius 3 is 2.84 bits per heavy atom. The van der Waals surface area contributed by atoms with Crippen LogP contribution < -0.4 is 5.32 Å². The molecule has 0 aliphatic carbocycles. The number of aliphatic hydroxyl groups is 3. The minimum Gasteiger partial charge on any atom is -0.394 e. The standard InChI is InChI=1S/C16H19N3O5S/c1-8-18-19-16(25-8)17-15(23)10-4-2-3-9(5-10)14-12(22)6-11(21)13(7-20)24-14/h2-5,11-14,20-22H,6-7H2,1H3,(H,17,19,23)/t11?,12-,13+,14?/m0/s1. The molecule has 1 saturated heterocycles. The predicted molar refractivity (Wildman–Crippen MR) is 90.4 cm³/mol. The average molecular weight is 365 g/mol. The van der Waals surface area contributed by atoms with E-state index in [4.69, 9.17) is 4.74 Å². The van der Waals surface area contributed by atoms with E-state index >= 15 is 0 Å². The van der Waals surface area contributed by atoms with Crippen molar-refractivity contribution >= 4 is 22.4 Å². The fourth-order valence-electron chi connectivity index (χ4n) is 2.73. The van der Waals surface area contributed by atoms with Crippen molar-refractivity contribution in [2.75, 3.05) is 11.9 Å². The molecule has 1 aliphatic heterocycles. The number of aromatic nitrogens is 2. The van der Waals surface area contributed by atoms with Gasteiger partial charge in [0.05, 0.1) is 18.8 Å². The molecule has 1 aromatic carbocycles. The lowest BCUT2D eigenvalue weighted by atomic mass is 9.93. The number of benzene rings is 1. The van der Waals surface area contributed by atoms with Crippen molar-refractivity contribution in [3.63, 3.8) is 0 Å². The molecule has 1 aliphatic rings. The predicted octanol–water partition coefficient (Wildman–Crippen LogP) is 0.643. The van der Waals surface area contributed by atoms with E-state index in [1.165, 1.54) is 11.3 Å². The zero-order chi connectivity index (χ0) is 18.0. The molecule has 1 fully saturated rings. The number of aliphatic hydroxyl groups excluding tert-OH is 3. The maximum atomic E-state index is 12.4. The van der Waals surface area contributed by atoms with Crippen LogP contribution in [-0.4, -0.2) is 56.3 Å². The van der Waals surface area contributed by atoms with E-state index in [1.807, 2.05) is 0 Å². The number of nitrogens with one attached hydrogen (secondary N) is 1. The van der Waals surface area contributed by atoms with Gasteiger partial charge in [-0.3, -0.25) is 10.1 Å².